The van der Waals surface area contributed by atoms with Crippen LogP contribution >= 0.6 is 0 Å². The predicted octanol–water partition coefficient (Wildman–Crippen LogP) is -0.0211. The van der Waals surface area contributed by atoms with Gasteiger partial charge in [-0.2, -0.15) is 0 Å². The van der Waals surface area contributed by atoms with Gasteiger partial charge >= 0.3 is 6.03 Å². The second-order valence-corrected chi connectivity index (χ2v) is 6.47. The van der Waals surface area contributed by atoms with Gasteiger partial charge in [-0.3, -0.25) is 0 Å². The maximum absolute atomic E-state index is 11.6. The first kappa shape index (κ1) is 10.7. The number of hydrogen-bond donors (Lipinski definition) is 1. The van der Waals surface area contributed by atoms with Crippen molar-refractivity contribution in [2.75, 3.05) is 24.6 Å². The van der Waals surface area contributed by atoms with Crippen molar-refractivity contribution in [1.29, 1.82) is 0 Å². The summed E-state index contributed by atoms with van der Waals surface area (Å²) in [5, 5.41) is 2.78. The summed E-state index contributed by atoms with van der Waals surface area (Å²) in [6.07, 6.45) is 2.66. The highest BCUT2D eigenvalue weighted by atomic mass is 32.2. The molecular weight excluding hydrogens is 216 g/mol. The normalized spacial score (nSPS) is 29.3. The lowest BCUT2D eigenvalue weighted by molar-refractivity contribution is 0.205. The molecule has 2 saturated heterocycles. The summed E-state index contributed by atoms with van der Waals surface area (Å²) in [6.45, 7) is 1.59. The van der Waals surface area contributed by atoms with E-state index in [2.05, 4.69) is 5.32 Å². The Balaban J connectivity index is 1.85. The Bertz CT molecular complexity index is 346. The maximum atomic E-state index is 11.6. The second kappa shape index (κ2) is 4.00. The SMILES string of the molecule is O=C(N[C@@H]1CCS(=O)(=O)C1)N1CCCC1. The van der Waals surface area contributed by atoms with E-state index in [-0.39, 0.29) is 23.6 Å². The number of nitrogens with one attached hydrogen (secondary N) is 1. The van der Waals surface area contributed by atoms with Crippen LogP contribution in [0.4, 0.5) is 4.79 Å². The van der Waals surface area contributed by atoms with Gasteiger partial charge < -0.3 is 10.2 Å². The lowest BCUT2D eigenvalue weighted by Crippen LogP contribution is -2.44. The first-order chi connectivity index (χ1) is 7.07. The van der Waals surface area contributed by atoms with Crippen LogP contribution in [0.3, 0.4) is 0 Å². The third-order valence-corrected chi connectivity index (χ3v) is 4.72. The zero-order valence-electron chi connectivity index (χ0n) is 8.61. The summed E-state index contributed by atoms with van der Waals surface area (Å²) in [4.78, 5) is 13.4. The van der Waals surface area contributed by atoms with E-state index in [1.807, 2.05) is 0 Å². The molecule has 0 aromatic heterocycles. The van der Waals surface area contributed by atoms with Crippen LogP contribution in [0.25, 0.3) is 0 Å². The third-order valence-electron chi connectivity index (χ3n) is 2.95. The van der Waals surface area contributed by atoms with Crippen molar-refractivity contribution in [3.63, 3.8) is 0 Å². The standard InChI is InChI=1S/C9H16N2O3S/c12-9(11-4-1-2-5-11)10-8-3-6-15(13,14)7-8/h8H,1-7H2,(H,10,12)/t8-/m1/s1. The van der Waals surface area contributed by atoms with Gasteiger partial charge in [0.2, 0.25) is 0 Å². The molecule has 0 aromatic rings. The molecule has 6 heteroatoms. The summed E-state index contributed by atoms with van der Waals surface area (Å²) < 4.78 is 22.4. The molecule has 1 N–H and O–H groups in total. The van der Waals surface area contributed by atoms with Crippen LogP contribution in [-0.2, 0) is 9.84 Å². The highest BCUT2D eigenvalue weighted by molar-refractivity contribution is 7.91. The molecule has 15 heavy (non-hydrogen) atoms. The Morgan fingerprint density at radius 2 is 1.93 bits per heavy atom. The fourth-order valence-corrected chi connectivity index (χ4v) is 3.77. The monoisotopic (exact) mass is 232 g/mol. The number of hydrogen-bond acceptors (Lipinski definition) is 3. The molecule has 0 spiro atoms. The average molecular weight is 232 g/mol. The van der Waals surface area contributed by atoms with E-state index >= 15 is 0 Å². The molecule has 0 unspecified atom stereocenters. The van der Waals surface area contributed by atoms with Gasteiger partial charge in [0.25, 0.3) is 0 Å². The van der Waals surface area contributed by atoms with Crippen molar-refractivity contribution in [2.45, 2.75) is 25.3 Å². The molecule has 2 rings (SSSR count). The highest BCUT2D eigenvalue weighted by Crippen LogP contribution is 2.13. The Kier molecular flexibility index (Phi) is 2.86. The van der Waals surface area contributed by atoms with Crippen LogP contribution in [0.2, 0.25) is 0 Å². The third kappa shape index (κ3) is 2.62. The topological polar surface area (TPSA) is 66.5 Å². The van der Waals surface area contributed by atoms with Crippen molar-refractivity contribution in [3.8, 4) is 0 Å². The van der Waals surface area contributed by atoms with E-state index < -0.39 is 9.84 Å². The van der Waals surface area contributed by atoms with Gasteiger partial charge in [-0.1, -0.05) is 0 Å². The quantitative estimate of drug-likeness (QED) is 0.691. The van der Waals surface area contributed by atoms with Gasteiger partial charge in [-0.05, 0) is 19.3 Å². The van der Waals surface area contributed by atoms with E-state index in [0.717, 1.165) is 25.9 Å². The highest BCUT2D eigenvalue weighted by Gasteiger charge is 2.30. The van der Waals surface area contributed by atoms with Gasteiger partial charge in [-0.15, -0.1) is 0 Å². The number of sulfone groups is 1. The van der Waals surface area contributed by atoms with Crippen LogP contribution < -0.4 is 5.32 Å². The van der Waals surface area contributed by atoms with Crippen molar-refractivity contribution in [1.82, 2.24) is 10.2 Å². The summed E-state index contributed by atoms with van der Waals surface area (Å²) in [7, 11) is -2.90. The van der Waals surface area contributed by atoms with E-state index in [0.29, 0.717) is 6.42 Å². The Morgan fingerprint density at radius 1 is 1.27 bits per heavy atom. The maximum Gasteiger partial charge on any atom is 0.317 e. The van der Waals surface area contributed by atoms with Gasteiger partial charge in [-0.25, -0.2) is 13.2 Å². The smallest absolute Gasteiger partial charge is 0.317 e. The van der Waals surface area contributed by atoms with Crippen LogP contribution in [-0.4, -0.2) is 50.0 Å². The first-order valence-corrected chi connectivity index (χ1v) is 7.15. The molecule has 2 aliphatic heterocycles. The van der Waals surface area contributed by atoms with Crippen molar-refractivity contribution < 1.29 is 13.2 Å². The number of nitrogens with zero attached hydrogens (tertiary/aromatic N) is 1. The summed E-state index contributed by atoms with van der Waals surface area (Å²) >= 11 is 0. The molecule has 2 amide bonds. The van der Waals surface area contributed by atoms with Gasteiger partial charge in [0.15, 0.2) is 9.84 Å². The van der Waals surface area contributed by atoms with Crippen molar-refractivity contribution in [2.24, 2.45) is 0 Å². The van der Waals surface area contributed by atoms with Gasteiger partial charge in [0.05, 0.1) is 11.5 Å². The Labute approximate surface area is 89.7 Å². The molecule has 0 aromatic carbocycles. The van der Waals surface area contributed by atoms with Gasteiger partial charge in [0, 0.05) is 19.1 Å². The van der Waals surface area contributed by atoms with E-state index in [1.165, 1.54) is 0 Å². The molecule has 2 fully saturated rings. The molecule has 0 radical (unpaired) electrons. The largest absolute Gasteiger partial charge is 0.334 e. The fourth-order valence-electron chi connectivity index (χ4n) is 2.09. The van der Waals surface area contributed by atoms with E-state index in [1.54, 1.807) is 4.90 Å². The van der Waals surface area contributed by atoms with Crippen LogP contribution in [0, 0.1) is 0 Å². The molecule has 86 valence electrons. The zero-order chi connectivity index (χ0) is 10.9. The molecule has 2 heterocycles. The minimum atomic E-state index is -2.90. The lowest BCUT2D eigenvalue weighted by Gasteiger charge is -2.19. The summed E-state index contributed by atoms with van der Waals surface area (Å²) in [5.74, 6) is 0.310. The van der Waals surface area contributed by atoms with Crippen LogP contribution in [0.1, 0.15) is 19.3 Å². The zero-order valence-corrected chi connectivity index (χ0v) is 9.42. The minimum Gasteiger partial charge on any atom is -0.334 e. The summed E-state index contributed by atoms with van der Waals surface area (Å²) in [5.41, 5.74) is 0. The Hall–Kier alpha value is -0.780. The fraction of sp³-hybridized carbons (Fsp3) is 0.889. The van der Waals surface area contributed by atoms with E-state index in [4.69, 9.17) is 0 Å². The first-order valence-electron chi connectivity index (χ1n) is 5.33. The molecule has 0 aliphatic carbocycles. The number of urea groups is 1. The molecule has 0 bridgehead atoms. The molecular formula is C9H16N2O3S. The number of amides is 2. The van der Waals surface area contributed by atoms with Crippen molar-refractivity contribution in [3.05, 3.63) is 0 Å². The number of rotatable bonds is 1. The van der Waals surface area contributed by atoms with Gasteiger partial charge in [0.1, 0.15) is 0 Å². The molecule has 2 aliphatic rings. The van der Waals surface area contributed by atoms with Crippen molar-refractivity contribution >= 4 is 15.9 Å². The average Bonchev–Trinajstić information content (AvgIpc) is 2.74. The molecule has 1 atom stereocenters. The second-order valence-electron chi connectivity index (χ2n) is 4.24. The van der Waals surface area contributed by atoms with Crippen LogP contribution in [0.15, 0.2) is 0 Å². The number of carbonyl (C=O) groups excluding carboxylic acids is 1. The number of likely N-dealkylation sites (tertiary alicyclic amines) is 1. The van der Waals surface area contributed by atoms with E-state index in [9.17, 15) is 13.2 Å². The number of carbonyl (C=O) groups is 1. The summed E-state index contributed by atoms with van der Waals surface area (Å²) in [6, 6.07) is -0.280. The molecule has 0 saturated carbocycles. The minimum absolute atomic E-state index is 0.102. The lowest BCUT2D eigenvalue weighted by atomic mass is 10.3. The van der Waals surface area contributed by atoms with Crippen LogP contribution in [0.5, 0.6) is 0 Å². The Morgan fingerprint density at radius 3 is 2.47 bits per heavy atom. The molecule has 5 nitrogen and oxygen atoms in total. The predicted molar refractivity (Wildman–Crippen MR) is 56.4 cm³/mol.